The Balaban J connectivity index is 2.00. The van der Waals surface area contributed by atoms with Crippen LogP contribution in [0.1, 0.15) is 30.1 Å². The third-order valence-electron chi connectivity index (χ3n) is 3.62. The van der Waals surface area contributed by atoms with Crippen LogP contribution in [0.5, 0.6) is 11.5 Å². The molecule has 1 aliphatic heterocycles. The molecule has 0 saturated heterocycles. The SMILES string of the molecule is CCCCOC(=O)c1ccc2c(c1)OCCOCCOCCOCCO2. The number of rotatable bonds is 4. The molecule has 0 spiro atoms. The highest BCUT2D eigenvalue weighted by Crippen LogP contribution is 2.29. The van der Waals surface area contributed by atoms with Gasteiger partial charge in [-0.1, -0.05) is 13.3 Å². The molecule has 0 radical (unpaired) electrons. The van der Waals surface area contributed by atoms with Gasteiger partial charge in [-0.3, -0.25) is 0 Å². The van der Waals surface area contributed by atoms with Gasteiger partial charge in [-0.25, -0.2) is 4.79 Å². The topological polar surface area (TPSA) is 72.5 Å². The summed E-state index contributed by atoms with van der Waals surface area (Å²) in [6.07, 6.45) is 1.82. The summed E-state index contributed by atoms with van der Waals surface area (Å²) in [6.45, 7) is 6.11. The highest BCUT2D eigenvalue weighted by Gasteiger charge is 2.13. The second-order valence-electron chi connectivity index (χ2n) is 5.69. The Kier molecular flexibility index (Phi) is 9.86. The predicted octanol–water partition coefficient (Wildman–Crippen LogP) is 2.46. The van der Waals surface area contributed by atoms with E-state index in [1.807, 2.05) is 6.92 Å². The lowest BCUT2D eigenvalue weighted by atomic mass is 10.2. The molecular formula is C19H28O7. The number of ether oxygens (including phenoxy) is 6. The summed E-state index contributed by atoms with van der Waals surface area (Å²) in [6, 6.07) is 5.04. The Bertz CT molecular complexity index is 533. The van der Waals surface area contributed by atoms with E-state index in [1.165, 1.54) is 0 Å². The highest BCUT2D eigenvalue weighted by molar-refractivity contribution is 5.90. The summed E-state index contributed by atoms with van der Waals surface area (Å²) in [5, 5.41) is 0. The first-order valence-corrected chi connectivity index (χ1v) is 9.11. The summed E-state index contributed by atoms with van der Waals surface area (Å²) in [7, 11) is 0. The molecule has 0 amide bonds. The molecular weight excluding hydrogens is 340 g/mol. The summed E-state index contributed by atoms with van der Waals surface area (Å²) in [5.74, 6) is 0.687. The molecule has 0 saturated carbocycles. The fourth-order valence-electron chi connectivity index (χ4n) is 2.22. The number of hydrogen-bond donors (Lipinski definition) is 0. The number of unbranched alkanes of at least 4 members (excludes halogenated alkanes) is 1. The fraction of sp³-hybridized carbons (Fsp3) is 0.632. The average molecular weight is 368 g/mol. The van der Waals surface area contributed by atoms with E-state index in [9.17, 15) is 4.79 Å². The van der Waals surface area contributed by atoms with Crippen molar-refractivity contribution >= 4 is 5.97 Å². The molecule has 1 heterocycles. The number of fused-ring (bicyclic) bond motifs is 1. The Morgan fingerprint density at radius 2 is 1.46 bits per heavy atom. The van der Waals surface area contributed by atoms with Crippen LogP contribution in [-0.4, -0.2) is 65.4 Å². The molecule has 0 bridgehead atoms. The van der Waals surface area contributed by atoms with E-state index in [-0.39, 0.29) is 5.97 Å². The zero-order valence-corrected chi connectivity index (χ0v) is 15.4. The van der Waals surface area contributed by atoms with E-state index in [1.54, 1.807) is 18.2 Å². The van der Waals surface area contributed by atoms with Crippen molar-refractivity contribution in [3.05, 3.63) is 23.8 Å². The zero-order valence-electron chi connectivity index (χ0n) is 15.4. The van der Waals surface area contributed by atoms with Crippen molar-refractivity contribution < 1.29 is 33.2 Å². The predicted molar refractivity (Wildman–Crippen MR) is 95.1 cm³/mol. The van der Waals surface area contributed by atoms with E-state index in [2.05, 4.69) is 0 Å². The molecule has 0 aromatic heterocycles. The molecule has 0 atom stereocenters. The monoisotopic (exact) mass is 368 g/mol. The van der Waals surface area contributed by atoms with Crippen LogP contribution in [0, 0.1) is 0 Å². The molecule has 1 aromatic carbocycles. The van der Waals surface area contributed by atoms with Gasteiger partial charge in [-0.05, 0) is 24.6 Å². The third-order valence-corrected chi connectivity index (χ3v) is 3.62. The largest absolute Gasteiger partial charge is 0.487 e. The van der Waals surface area contributed by atoms with Gasteiger partial charge in [0, 0.05) is 0 Å². The van der Waals surface area contributed by atoms with Crippen molar-refractivity contribution in [2.24, 2.45) is 0 Å². The van der Waals surface area contributed by atoms with Crippen LogP contribution < -0.4 is 9.47 Å². The number of carbonyl (C=O) groups is 1. The van der Waals surface area contributed by atoms with Crippen LogP contribution in [0.2, 0.25) is 0 Å². The lowest BCUT2D eigenvalue weighted by Gasteiger charge is -2.14. The first-order valence-electron chi connectivity index (χ1n) is 9.11. The normalized spacial score (nSPS) is 17.0. The molecule has 0 N–H and O–H groups in total. The highest BCUT2D eigenvalue weighted by atomic mass is 16.6. The van der Waals surface area contributed by atoms with Gasteiger partial charge in [0.15, 0.2) is 11.5 Å². The molecule has 0 fully saturated rings. The molecule has 0 aliphatic carbocycles. The molecule has 146 valence electrons. The quantitative estimate of drug-likeness (QED) is 0.597. The second-order valence-corrected chi connectivity index (χ2v) is 5.69. The zero-order chi connectivity index (χ0) is 18.5. The van der Waals surface area contributed by atoms with Crippen molar-refractivity contribution in [1.82, 2.24) is 0 Å². The first kappa shape index (κ1) is 20.5. The van der Waals surface area contributed by atoms with Gasteiger partial charge in [-0.2, -0.15) is 0 Å². The molecule has 1 aliphatic rings. The Morgan fingerprint density at radius 1 is 0.885 bits per heavy atom. The first-order chi connectivity index (χ1) is 12.8. The van der Waals surface area contributed by atoms with Crippen molar-refractivity contribution in [1.29, 1.82) is 0 Å². The van der Waals surface area contributed by atoms with Crippen LogP contribution in [-0.2, 0) is 18.9 Å². The van der Waals surface area contributed by atoms with Gasteiger partial charge in [0.05, 0.1) is 51.8 Å². The molecule has 2 rings (SSSR count). The van der Waals surface area contributed by atoms with E-state index in [4.69, 9.17) is 28.4 Å². The van der Waals surface area contributed by atoms with Gasteiger partial charge >= 0.3 is 5.97 Å². The van der Waals surface area contributed by atoms with Crippen molar-refractivity contribution in [2.75, 3.05) is 59.5 Å². The van der Waals surface area contributed by atoms with E-state index in [0.717, 1.165) is 12.8 Å². The number of benzene rings is 1. The summed E-state index contributed by atoms with van der Waals surface area (Å²) in [5.41, 5.74) is 0.437. The van der Waals surface area contributed by atoms with Crippen LogP contribution in [0.25, 0.3) is 0 Å². The van der Waals surface area contributed by atoms with E-state index >= 15 is 0 Å². The van der Waals surface area contributed by atoms with Gasteiger partial charge in [-0.15, -0.1) is 0 Å². The number of hydrogen-bond acceptors (Lipinski definition) is 7. The Labute approximate surface area is 154 Å². The standard InChI is InChI=1S/C19H28O7/c1-2-3-6-26-19(20)16-4-5-17-18(15-16)25-14-12-23-10-8-21-7-9-22-11-13-24-17/h4-5,15H,2-3,6-14H2,1H3. The van der Waals surface area contributed by atoms with Gasteiger partial charge in [0.2, 0.25) is 0 Å². The maximum Gasteiger partial charge on any atom is 0.338 e. The molecule has 0 unspecified atom stereocenters. The maximum atomic E-state index is 12.1. The van der Waals surface area contributed by atoms with Gasteiger partial charge in [0.1, 0.15) is 13.2 Å². The smallest absolute Gasteiger partial charge is 0.338 e. The number of carbonyl (C=O) groups excluding carboxylic acids is 1. The Hall–Kier alpha value is -1.83. The van der Waals surface area contributed by atoms with E-state index in [0.29, 0.717) is 76.5 Å². The Morgan fingerprint density at radius 3 is 2.08 bits per heavy atom. The lowest BCUT2D eigenvalue weighted by molar-refractivity contribution is 0.00708. The third kappa shape index (κ3) is 7.59. The molecule has 26 heavy (non-hydrogen) atoms. The van der Waals surface area contributed by atoms with E-state index < -0.39 is 0 Å². The van der Waals surface area contributed by atoms with Crippen molar-refractivity contribution in [3.8, 4) is 11.5 Å². The summed E-state index contributed by atoms with van der Waals surface area (Å²) >= 11 is 0. The van der Waals surface area contributed by atoms with Crippen LogP contribution in [0.3, 0.4) is 0 Å². The second kappa shape index (κ2) is 12.5. The molecule has 1 aromatic rings. The van der Waals surface area contributed by atoms with Crippen LogP contribution >= 0.6 is 0 Å². The molecule has 7 heteroatoms. The van der Waals surface area contributed by atoms with Gasteiger partial charge < -0.3 is 28.4 Å². The summed E-state index contributed by atoms with van der Waals surface area (Å²) < 4.78 is 33.0. The van der Waals surface area contributed by atoms with Crippen molar-refractivity contribution in [2.45, 2.75) is 19.8 Å². The minimum Gasteiger partial charge on any atom is -0.487 e. The summed E-state index contributed by atoms with van der Waals surface area (Å²) in [4.78, 5) is 12.1. The van der Waals surface area contributed by atoms with Gasteiger partial charge in [0.25, 0.3) is 0 Å². The fourth-order valence-corrected chi connectivity index (χ4v) is 2.22. The lowest BCUT2D eigenvalue weighted by Crippen LogP contribution is -2.13. The molecule has 7 nitrogen and oxygen atoms in total. The average Bonchev–Trinajstić information content (AvgIpc) is 2.66. The van der Waals surface area contributed by atoms with Crippen LogP contribution in [0.4, 0.5) is 0 Å². The number of esters is 1. The van der Waals surface area contributed by atoms with Crippen LogP contribution in [0.15, 0.2) is 18.2 Å². The minimum atomic E-state index is -0.363. The minimum absolute atomic E-state index is 0.348. The van der Waals surface area contributed by atoms with Crippen molar-refractivity contribution in [3.63, 3.8) is 0 Å². The maximum absolute atomic E-state index is 12.1.